The van der Waals surface area contributed by atoms with E-state index in [-0.39, 0.29) is 17.1 Å². The molecule has 0 radical (unpaired) electrons. The Labute approximate surface area is 157 Å². The number of halogens is 3. The first-order valence-corrected chi connectivity index (χ1v) is 9.42. The fourth-order valence-corrected chi connectivity index (χ4v) is 3.08. The Balaban J connectivity index is 2.20. The zero-order valence-corrected chi connectivity index (χ0v) is 15.1. The predicted molar refractivity (Wildman–Crippen MR) is 95.4 cm³/mol. The van der Waals surface area contributed by atoms with Crippen LogP contribution in [0.15, 0.2) is 48.5 Å². The molecule has 0 saturated carbocycles. The van der Waals surface area contributed by atoms with E-state index >= 15 is 0 Å². The number of hydrogen-bond acceptors (Lipinski definition) is 5. The number of nitro benzene ring substituents is 1. The van der Waals surface area contributed by atoms with Crippen molar-refractivity contribution >= 4 is 33.0 Å². The molecule has 0 aromatic heterocycles. The number of sulfonamides is 1. The number of amides is 1. The molecule has 0 atom stereocenters. The summed E-state index contributed by atoms with van der Waals surface area (Å²) in [6, 6.07) is 8.28. The van der Waals surface area contributed by atoms with Gasteiger partial charge >= 0.3 is 6.18 Å². The van der Waals surface area contributed by atoms with Crippen LogP contribution in [0.2, 0.25) is 0 Å². The van der Waals surface area contributed by atoms with Crippen LogP contribution in [0.5, 0.6) is 0 Å². The minimum absolute atomic E-state index is 0.0329. The highest BCUT2D eigenvalue weighted by Gasteiger charge is 2.30. The summed E-state index contributed by atoms with van der Waals surface area (Å²) in [5.74, 6) is -0.836. The Morgan fingerprint density at radius 3 is 2.29 bits per heavy atom. The van der Waals surface area contributed by atoms with Crippen molar-refractivity contribution in [2.75, 3.05) is 22.4 Å². The lowest BCUT2D eigenvalue weighted by Crippen LogP contribution is -2.37. The van der Waals surface area contributed by atoms with Gasteiger partial charge in [-0.1, -0.05) is 6.07 Å². The fourth-order valence-electron chi connectivity index (χ4n) is 2.24. The van der Waals surface area contributed by atoms with Crippen LogP contribution < -0.4 is 9.62 Å². The number of non-ortho nitro benzene ring substituents is 1. The Kier molecular flexibility index (Phi) is 5.92. The molecule has 0 spiro atoms. The zero-order chi connectivity index (χ0) is 21.1. The summed E-state index contributed by atoms with van der Waals surface area (Å²) >= 11 is 0. The summed E-state index contributed by atoms with van der Waals surface area (Å²) < 4.78 is 62.3. The molecule has 0 heterocycles. The van der Waals surface area contributed by atoms with Gasteiger partial charge in [-0.25, -0.2) is 8.42 Å². The number of nitrogens with one attached hydrogen (secondary N) is 1. The van der Waals surface area contributed by atoms with Gasteiger partial charge in [0, 0.05) is 17.8 Å². The molecule has 0 aliphatic rings. The third kappa shape index (κ3) is 5.42. The lowest BCUT2D eigenvalue weighted by Gasteiger charge is -2.21. The number of anilines is 2. The lowest BCUT2D eigenvalue weighted by molar-refractivity contribution is -0.384. The van der Waals surface area contributed by atoms with E-state index in [0.29, 0.717) is 4.31 Å². The quantitative estimate of drug-likeness (QED) is 0.574. The summed E-state index contributed by atoms with van der Waals surface area (Å²) in [7, 11) is -3.97. The van der Waals surface area contributed by atoms with Crippen LogP contribution in [0, 0.1) is 10.1 Å². The molecule has 0 unspecified atom stereocenters. The highest BCUT2D eigenvalue weighted by molar-refractivity contribution is 7.92. The smallest absolute Gasteiger partial charge is 0.325 e. The molecule has 8 nitrogen and oxygen atoms in total. The van der Waals surface area contributed by atoms with E-state index in [9.17, 15) is 36.5 Å². The van der Waals surface area contributed by atoms with Crippen LogP contribution >= 0.6 is 0 Å². The number of carbonyl (C=O) groups excluding carboxylic acids is 1. The van der Waals surface area contributed by atoms with Gasteiger partial charge in [0.2, 0.25) is 15.9 Å². The number of nitrogens with zero attached hydrogens (tertiary/aromatic N) is 2. The summed E-state index contributed by atoms with van der Waals surface area (Å²) in [4.78, 5) is 22.3. The number of rotatable bonds is 6. The van der Waals surface area contributed by atoms with Crippen molar-refractivity contribution in [1.29, 1.82) is 0 Å². The maximum atomic E-state index is 12.6. The van der Waals surface area contributed by atoms with Crippen LogP contribution in [0.4, 0.5) is 30.2 Å². The van der Waals surface area contributed by atoms with Gasteiger partial charge in [0.25, 0.3) is 5.69 Å². The topological polar surface area (TPSA) is 110 Å². The van der Waals surface area contributed by atoms with Gasteiger partial charge in [0.1, 0.15) is 6.54 Å². The molecule has 1 amide bonds. The van der Waals surface area contributed by atoms with Gasteiger partial charge in [-0.2, -0.15) is 13.2 Å². The lowest BCUT2D eigenvalue weighted by atomic mass is 10.2. The van der Waals surface area contributed by atoms with Crippen molar-refractivity contribution in [1.82, 2.24) is 0 Å². The van der Waals surface area contributed by atoms with Crippen molar-refractivity contribution in [2.24, 2.45) is 0 Å². The van der Waals surface area contributed by atoms with Gasteiger partial charge in [-0.3, -0.25) is 19.2 Å². The molecule has 2 aromatic carbocycles. The Morgan fingerprint density at radius 1 is 1.18 bits per heavy atom. The highest BCUT2D eigenvalue weighted by atomic mass is 32.2. The Morgan fingerprint density at radius 2 is 1.79 bits per heavy atom. The van der Waals surface area contributed by atoms with Gasteiger partial charge in [-0.15, -0.1) is 0 Å². The monoisotopic (exact) mass is 417 g/mol. The molecule has 28 heavy (non-hydrogen) atoms. The largest absolute Gasteiger partial charge is 0.416 e. The van der Waals surface area contributed by atoms with Crippen LogP contribution in [0.3, 0.4) is 0 Å². The van der Waals surface area contributed by atoms with Gasteiger partial charge in [0.05, 0.1) is 22.4 Å². The van der Waals surface area contributed by atoms with Crippen LogP contribution in [0.25, 0.3) is 0 Å². The molecule has 150 valence electrons. The molecule has 2 rings (SSSR count). The van der Waals surface area contributed by atoms with E-state index in [1.165, 1.54) is 12.1 Å². The van der Waals surface area contributed by atoms with E-state index in [2.05, 4.69) is 5.32 Å². The minimum Gasteiger partial charge on any atom is -0.325 e. The fraction of sp³-hybridized carbons (Fsp3) is 0.188. The van der Waals surface area contributed by atoms with E-state index < -0.39 is 39.1 Å². The zero-order valence-electron chi connectivity index (χ0n) is 14.3. The average molecular weight is 417 g/mol. The van der Waals surface area contributed by atoms with Crippen LogP contribution in [0.1, 0.15) is 5.56 Å². The van der Waals surface area contributed by atoms with Crippen molar-refractivity contribution in [3.8, 4) is 0 Å². The SMILES string of the molecule is CS(=O)(=O)N(CC(=O)Nc1ccc(C(F)(F)F)cc1)c1cccc([N+](=O)[O-])c1. The third-order valence-corrected chi connectivity index (χ3v) is 4.65. The normalized spacial score (nSPS) is 11.7. The first-order chi connectivity index (χ1) is 12.9. The van der Waals surface area contributed by atoms with Crippen molar-refractivity contribution in [3.63, 3.8) is 0 Å². The second kappa shape index (κ2) is 7.84. The first-order valence-electron chi connectivity index (χ1n) is 7.57. The standard InChI is InChI=1S/C16H14F3N3O5S/c1-28(26,27)21(13-3-2-4-14(9-13)22(24)25)10-15(23)20-12-7-5-11(6-8-12)16(17,18)19/h2-9H,10H2,1H3,(H,20,23). The molecule has 12 heteroatoms. The number of hydrogen-bond donors (Lipinski definition) is 1. The number of benzene rings is 2. The number of nitro groups is 1. The highest BCUT2D eigenvalue weighted by Crippen LogP contribution is 2.30. The molecule has 2 aromatic rings. The third-order valence-electron chi connectivity index (χ3n) is 3.51. The molecular formula is C16H14F3N3O5S. The molecule has 0 aliphatic carbocycles. The summed E-state index contributed by atoms with van der Waals surface area (Å²) in [5, 5.41) is 13.1. The van der Waals surface area contributed by atoms with E-state index in [1.54, 1.807) is 0 Å². The molecule has 0 bridgehead atoms. The maximum absolute atomic E-state index is 12.6. The van der Waals surface area contributed by atoms with Gasteiger partial charge < -0.3 is 5.32 Å². The second-order valence-electron chi connectivity index (χ2n) is 5.67. The summed E-state index contributed by atoms with van der Waals surface area (Å²) in [5.41, 5.74) is -1.33. The van der Waals surface area contributed by atoms with Crippen LogP contribution in [-0.2, 0) is 21.0 Å². The summed E-state index contributed by atoms with van der Waals surface area (Å²) in [6.45, 7) is -0.721. The molecule has 1 N–H and O–H groups in total. The van der Waals surface area contributed by atoms with Crippen molar-refractivity contribution in [2.45, 2.75) is 6.18 Å². The van der Waals surface area contributed by atoms with Crippen molar-refractivity contribution in [3.05, 3.63) is 64.2 Å². The average Bonchev–Trinajstić information content (AvgIpc) is 2.58. The van der Waals surface area contributed by atoms with Gasteiger partial charge in [-0.05, 0) is 30.3 Å². The first kappa shape index (κ1) is 21.2. The van der Waals surface area contributed by atoms with E-state index in [0.717, 1.165) is 42.7 Å². The molecule has 0 fully saturated rings. The second-order valence-corrected chi connectivity index (χ2v) is 7.58. The molecule has 0 aliphatic heterocycles. The van der Waals surface area contributed by atoms with Crippen molar-refractivity contribution < 1.29 is 31.3 Å². The summed E-state index contributed by atoms with van der Waals surface area (Å²) in [6.07, 6.45) is -3.71. The predicted octanol–water partition coefficient (Wildman–Crippen LogP) is 3.02. The Bertz CT molecular complexity index is 991. The molecular weight excluding hydrogens is 403 g/mol. The van der Waals surface area contributed by atoms with Gasteiger partial charge in [0.15, 0.2) is 0 Å². The van der Waals surface area contributed by atoms with Crippen LogP contribution in [-0.4, -0.2) is 32.0 Å². The van der Waals surface area contributed by atoms with E-state index in [4.69, 9.17) is 0 Å². The molecule has 0 saturated heterocycles. The minimum atomic E-state index is -4.53. The number of carbonyl (C=O) groups is 1. The number of alkyl halides is 3. The maximum Gasteiger partial charge on any atom is 0.416 e. The Hall–Kier alpha value is -3.15. The van der Waals surface area contributed by atoms with E-state index in [1.807, 2.05) is 0 Å².